The summed E-state index contributed by atoms with van der Waals surface area (Å²) in [5.41, 5.74) is 0.798. The van der Waals surface area contributed by atoms with Crippen LogP contribution in [0.4, 0.5) is 17.6 Å². The Hall–Kier alpha value is -2.77. The van der Waals surface area contributed by atoms with Gasteiger partial charge in [-0.3, -0.25) is 5.10 Å². The molecule has 4 nitrogen and oxygen atoms in total. The van der Waals surface area contributed by atoms with E-state index in [4.69, 9.17) is 9.47 Å². The third-order valence-corrected chi connectivity index (χ3v) is 5.03. The minimum Gasteiger partial charge on any atom is -0.454 e. The molecule has 0 bridgehead atoms. The molecule has 0 amide bonds. The van der Waals surface area contributed by atoms with Crippen LogP contribution >= 0.6 is 0 Å². The average molecular weight is 424 g/mol. The van der Waals surface area contributed by atoms with E-state index in [1.165, 1.54) is 58.0 Å². The number of nitrogens with zero attached hydrogens (tertiary/aromatic N) is 1. The van der Waals surface area contributed by atoms with E-state index in [0.717, 1.165) is 5.52 Å². The largest absolute Gasteiger partial charge is 0.454 e. The van der Waals surface area contributed by atoms with Crippen molar-refractivity contribution in [3.05, 3.63) is 53.7 Å². The Balaban J connectivity index is 0.000000171. The number of aromatic nitrogens is 2. The molecular weight excluding hydrogens is 400 g/mol. The molecule has 2 aromatic carbocycles. The molecule has 0 spiro atoms. The highest BCUT2D eigenvalue weighted by Gasteiger charge is 2.37. The number of benzene rings is 2. The maximum Gasteiger partial charge on any atom is 0.275 e. The molecule has 1 aliphatic rings. The molecule has 4 rings (SSSR count). The van der Waals surface area contributed by atoms with Crippen molar-refractivity contribution in [1.82, 2.24) is 10.2 Å². The van der Waals surface area contributed by atoms with E-state index in [2.05, 4.69) is 10.2 Å². The van der Waals surface area contributed by atoms with E-state index in [1.54, 1.807) is 12.3 Å². The third kappa shape index (κ3) is 4.22. The summed E-state index contributed by atoms with van der Waals surface area (Å²) in [5.74, 6) is -6.14. The summed E-state index contributed by atoms with van der Waals surface area (Å²) >= 11 is 0. The zero-order valence-corrected chi connectivity index (χ0v) is 17.2. The summed E-state index contributed by atoms with van der Waals surface area (Å²) in [5, 5.41) is 7.25. The summed E-state index contributed by atoms with van der Waals surface area (Å²) < 4.78 is 64.8. The van der Waals surface area contributed by atoms with E-state index < -0.39 is 23.7 Å². The second-order valence-corrected chi connectivity index (χ2v) is 7.80. The monoisotopic (exact) mass is 424 g/mol. The number of H-pyrrole nitrogens is 1. The Labute approximate surface area is 172 Å². The van der Waals surface area contributed by atoms with Gasteiger partial charge in [0.1, 0.15) is 0 Å². The number of hydrogen-bond acceptors (Lipinski definition) is 3. The number of hydrogen-bond donors (Lipinski definition) is 1. The van der Waals surface area contributed by atoms with Gasteiger partial charge in [-0.1, -0.05) is 33.8 Å². The molecular formula is C22H24F4N2O2. The second kappa shape index (κ2) is 8.16. The quantitative estimate of drug-likeness (QED) is 0.488. The lowest BCUT2D eigenvalue weighted by atomic mass is 9.97. The summed E-state index contributed by atoms with van der Waals surface area (Å²) in [6.45, 7) is 6.11. The van der Waals surface area contributed by atoms with Crippen LogP contribution in [0.1, 0.15) is 38.8 Å². The zero-order valence-electron chi connectivity index (χ0n) is 17.2. The molecule has 1 N–H and O–H groups in total. The number of nitrogens with one attached hydrogen (secondary N) is 1. The zero-order chi connectivity index (χ0) is 22.1. The highest BCUT2D eigenvalue weighted by Crippen LogP contribution is 2.41. The van der Waals surface area contributed by atoms with Crippen molar-refractivity contribution in [2.45, 2.75) is 39.5 Å². The fourth-order valence-corrected chi connectivity index (χ4v) is 2.92. The van der Waals surface area contributed by atoms with Crippen molar-refractivity contribution < 1.29 is 27.0 Å². The van der Waals surface area contributed by atoms with E-state index in [-0.39, 0.29) is 17.9 Å². The molecule has 2 heterocycles. The van der Waals surface area contributed by atoms with E-state index in [9.17, 15) is 17.6 Å². The number of ether oxygens (including phenoxy) is 2. The Morgan fingerprint density at radius 1 is 0.833 bits per heavy atom. The standard InChI is InChI=1S/C11H12F2N2.C11H12F2O2/c1-7(2)11(12,13)9-3-4-10-8(5-9)6-14-15-10;1-7(2)11(12,13)8-3-4-9-10(5-8)15-6-14-9/h3-7H,1-2H3,(H,14,15);3-5,7H,6H2,1-2H3. The van der Waals surface area contributed by atoms with Crippen molar-refractivity contribution in [1.29, 1.82) is 0 Å². The number of alkyl halides is 4. The van der Waals surface area contributed by atoms with Crippen LogP contribution in [-0.4, -0.2) is 17.0 Å². The third-order valence-electron chi connectivity index (χ3n) is 5.03. The van der Waals surface area contributed by atoms with Crippen LogP contribution in [0.3, 0.4) is 0 Å². The Morgan fingerprint density at radius 2 is 1.40 bits per heavy atom. The highest BCUT2D eigenvalue weighted by atomic mass is 19.3. The molecule has 0 atom stereocenters. The number of aromatic amines is 1. The van der Waals surface area contributed by atoms with Crippen LogP contribution in [0.5, 0.6) is 11.5 Å². The lowest BCUT2D eigenvalue weighted by molar-refractivity contribution is -0.0517. The second-order valence-electron chi connectivity index (χ2n) is 7.80. The first-order chi connectivity index (χ1) is 14.0. The first-order valence-corrected chi connectivity index (χ1v) is 9.62. The van der Waals surface area contributed by atoms with Crippen molar-refractivity contribution in [3.8, 4) is 11.5 Å². The lowest BCUT2D eigenvalue weighted by Crippen LogP contribution is -2.20. The fraction of sp³-hybridized carbons (Fsp3) is 0.409. The first kappa shape index (κ1) is 21.9. The normalized spacial score (nSPS) is 13.7. The molecule has 0 radical (unpaired) electrons. The molecule has 1 aromatic heterocycles. The van der Waals surface area contributed by atoms with Crippen molar-refractivity contribution in [2.24, 2.45) is 11.8 Å². The van der Waals surface area contributed by atoms with Gasteiger partial charge in [0.15, 0.2) is 11.5 Å². The molecule has 1 aliphatic heterocycles. The SMILES string of the molecule is CC(C)C(F)(F)c1ccc2[nH]ncc2c1.CC(C)C(F)(F)c1ccc2c(c1)OCO2. The molecule has 0 aliphatic carbocycles. The molecule has 0 fully saturated rings. The number of fused-ring (bicyclic) bond motifs is 2. The van der Waals surface area contributed by atoms with Crippen LogP contribution in [0, 0.1) is 11.8 Å². The van der Waals surface area contributed by atoms with E-state index in [0.29, 0.717) is 16.9 Å². The maximum absolute atomic E-state index is 13.7. The fourth-order valence-electron chi connectivity index (χ4n) is 2.92. The maximum atomic E-state index is 13.7. The van der Waals surface area contributed by atoms with Crippen molar-refractivity contribution in [2.75, 3.05) is 6.79 Å². The smallest absolute Gasteiger partial charge is 0.275 e. The Morgan fingerprint density at radius 3 is 2.03 bits per heavy atom. The predicted octanol–water partition coefficient (Wildman–Crippen LogP) is 6.47. The highest BCUT2D eigenvalue weighted by molar-refractivity contribution is 5.78. The van der Waals surface area contributed by atoms with Crippen LogP contribution < -0.4 is 9.47 Å². The summed E-state index contributed by atoms with van der Waals surface area (Å²) in [6, 6.07) is 8.82. The van der Waals surface area contributed by atoms with Gasteiger partial charge in [-0.05, 0) is 30.3 Å². The van der Waals surface area contributed by atoms with E-state index in [1.807, 2.05) is 0 Å². The molecule has 8 heteroatoms. The van der Waals surface area contributed by atoms with Gasteiger partial charge in [-0.15, -0.1) is 0 Å². The summed E-state index contributed by atoms with van der Waals surface area (Å²) in [7, 11) is 0. The van der Waals surface area contributed by atoms with Crippen molar-refractivity contribution >= 4 is 10.9 Å². The lowest BCUT2D eigenvalue weighted by Gasteiger charge is -2.20. The average Bonchev–Trinajstić information content (AvgIpc) is 3.35. The van der Waals surface area contributed by atoms with Crippen LogP contribution in [0.2, 0.25) is 0 Å². The molecule has 30 heavy (non-hydrogen) atoms. The molecule has 0 saturated carbocycles. The van der Waals surface area contributed by atoms with Crippen molar-refractivity contribution in [3.63, 3.8) is 0 Å². The molecule has 162 valence electrons. The minimum atomic E-state index is -2.83. The van der Waals surface area contributed by atoms with Gasteiger partial charge in [0.25, 0.3) is 11.8 Å². The molecule has 0 unspecified atom stereocenters. The minimum absolute atomic E-state index is 0.0262. The van der Waals surface area contributed by atoms with Gasteiger partial charge < -0.3 is 9.47 Å². The van der Waals surface area contributed by atoms with Gasteiger partial charge in [-0.2, -0.15) is 5.10 Å². The van der Waals surface area contributed by atoms with E-state index >= 15 is 0 Å². The summed E-state index contributed by atoms with van der Waals surface area (Å²) in [6.07, 6.45) is 1.55. The van der Waals surface area contributed by atoms with Gasteiger partial charge >= 0.3 is 0 Å². The number of halogens is 4. The number of rotatable bonds is 4. The Kier molecular flexibility index (Phi) is 5.97. The van der Waals surface area contributed by atoms with Crippen LogP contribution in [-0.2, 0) is 11.8 Å². The molecule has 3 aromatic rings. The first-order valence-electron chi connectivity index (χ1n) is 9.62. The van der Waals surface area contributed by atoms with Gasteiger partial charge in [-0.25, -0.2) is 17.6 Å². The van der Waals surface area contributed by atoms with Gasteiger partial charge in [0, 0.05) is 28.3 Å². The van der Waals surface area contributed by atoms with Gasteiger partial charge in [0.2, 0.25) is 6.79 Å². The Bertz CT molecular complexity index is 1020. The van der Waals surface area contributed by atoms with Crippen LogP contribution in [0.25, 0.3) is 10.9 Å². The van der Waals surface area contributed by atoms with Gasteiger partial charge in [0.05, 0.1) is 11.7 Å². The molecule has 0 saturated heterocycles. The van der Waals surface area contributed by atoms with Crippen LogP contribution in [0.15, 0.2) is 42.6 Å². The predicted molar refractivity (Wildman–Crippen MR) is 106 cm³/mol. The summed E-state index contributed by atoms with van der Waals surface area (Å²) in [4.78, 5) is 0. The topological polar surface area (TPSA) is 47.1 Å².